The van der Waals surface area contributed by atoms with E-state index in [0.717, 1.165) is 28.3 Å². The predicted octanol–water partition coefficient (Wildman–Crippen LogP) is 7.65. The topological polar surface area (TPSA) is 52.6 Å². The Morgan fingerprint density at radius 1 is 0.605 bits per heavy atom. The van der Waals surface area contributed by atoms with Crippen molar-refractivity contribution in [1.82, 2.24) is 0 Å². The minimum atomic E-state index is -0.721. The molecule has 6 aromatic rings. The number of carbonyl (C=O) groups is 2. The molecule has 0 radical (unpaired) electrons. The molecule has 184 valence electrons. The summed E-state index contributed by atoms with van der Waals surface area (Å²) in [6.45, 7) is 0. The van der Waals surface area contributed by atoms with Crippen LogP contribution in [0.5, 0.6) is 0 Å². The zero-order chi connectivity index (χ0) is 25.6. The first-order valence-electron chi connectivity index (χ1n) is 12.9. The molecular weight excluding hydrogens is 472 g/mol. The Kier molecular flexibility index (Phi) is 5.33. The van der Waals surface area contributed by atoms with Gasteiger partial charge in [-0.05, 0) is 81.1 Å². The summed E-state index contributed by atoms with van der Waals surface area (Å²) in [4.78, 5) is 26.3. The number of hydrogen-bond donors (Lipinski definition) is 0. The highest BCUT2D eigenvalue weighted by Crippen LogP contribution is 2.44. The molecule has 7 rings (SSSR count). The molecule has 38 heavy (non-hydrogen) atoms. The first-order valence-corrected chi connectivity index (χ1v) is 12.9. The van der Waals surface area contributed by atoms with Crippen LogP contribution in [0.2, 0.25) is 0 Å². The van der Waals surface area contributed by atoms with Gasteiger partial charge in [0.05, 0.1) is 11.1 Å². The molecular formula is C34H24O4. The van der Waals surface area contributed by atoms with Gasteiger partial charge in [0, 0.05) is 5.56 Å². The van der Waals surface area contributed by atoms with Crippen molar-refractivity contribution in [2.24, 2.45) is 0 Å². The second-order valence-electron chi connectivity index (χ2n) is 9.84. The van der Waals surface area contributed by atoms with Crippen molar-refractivity contribution < 1.29 is 19.1 Å². The Labute approximate surface area is 219 Å². The van der Waals surface area contributed by atoms with Gasteiger partial charge in [0.2, 0.25) is 0 Å². The van der Waals surface area contributed by atoms with Crippen molar-refractivity contribution in [3.05, 3.63) is 131 Å². The monoisotopic (exact) mass is 496 g/mol. The van der Waals surface area contributed by atoms with Crippen LogP contribution in [0, 0.1) is 0 Å². The van der Waals surface area contributed by atoms with E-state index in [4.69, 9.17) is 9.47 Å². The molecule has 0 bridgehead atoms. The molecule has 6 aromatic carbocycles. The maximum absolute atomic E-state index is 13.2. The van der Waals surface area contributed by atoms with Gasteiger partial charge < -0.3 is 9.47 Å². The summed E-state index contributed by atoms with van der Waals surface area (Å²) in [6, 6.07) is 35.0. The number of aryl methyl sites for hydroxylation is 1. The molecule has 4 heteroatoms. The fourth-order valence-corrected chi connectivity index (χ4v) is 5.86. The first kappa shape index (κ1) is 22.5. The van der Waals surface area contributed by atoms with Crippen LogP contribution < -0.4 is 0 Å². The lowest BCUT2D eigenvalue weighted by molar-refractivity contribution is -0.0435. The fraction of sp³-hybridized carbons (Fsp3) is 0.118. The highest BCUT2D eigenvalue weighted by molar-refractivity contribution is 6.23. The van der Waals surface area contributed by atoms with Crippen molar-refractivity contribution in [1.29, 1.82) is 0 Å². The summed E-state index contributed by atoms with van der Waals surface area (Å²) in [5.41, 5.74) is 2.98. The first-order chi connectivity index (χ1) is 18.7. The number of ether oxygens (including phenoxy) is 2. The molecule has 0 unspecified atom stereocenters. The van der Waals surface area contributed by atoms with Gasteiger partial charge in [-0.2, -0.15) is 0 Å². The fourth-order valence-electron chi connectivity index (χ4n) is 5.86. The van der Waals surface area contributed by atoms with E-state index >= 15 is 0 Å². The van der Waals surface area contributed by atoms with Crippen LogP contribution in [0.1, 0.15) is 44.4 Å². The molecule has 0 aliphatic heterocycles. The van der Waals surface area contributed by atoms with E-state index in [0.29, 0.717) is 17.5 Å². The van der Waals surface area contributed by atoms with Crippen LogP contribution in [0.25, 0.3) is 32.3 Å². The zero-order valence-electron chi connectivity index (χ0n) is 20.6. The number of esters is 2. The van der Waals surface area contributed by atoms with Crippen molar-refractivity contribution in [3.63, 3.8) is 0 Å². The number of benzene rings is 6. The number of hydrogen-bond acceptors (Lipinski definition) is 4. The largest absolute Gasteiger partial charge is 0.454 e. The maximum atomic E-state index is 13.2. The van der Waals surface area contributed by atoms with Crippen LogP contribution in [0.3, 0.4) is 0 Å². The summed E-state index contributed by atoms with van der Waals surface area (Å²) < 4.78 is 12.2. The second-order valence-corrected chi connectivity index (χ2v) is 9.84. The predicted molar refractivity (Wildman–Crippen MR) is 149 cm³/mol. The van der Waals surface area contributed by atoms with Crippen LogP contribution in [-0.2, 0) is 15.9 Å². The quantitative estimate of drug-likeness (QED) is 0.186. The minimum absolute atomic E-state index is 0.419. The van der Waals surface area contributed by atoms with Gasteiger partial charge in [-0.1, -0.05) is 78.9 Å². The zero-order valence-corrected chi connectivity index (χ0v) is 20.6. The Bertz CT molecular complexity index is 1790. The van der Waals surface area contributed by atoms with E-state index in [9.17, 15) is 9.59 Å². The lowest BCUT2D eigenvalue weighted by atomic mass is 9.81. The van der Waals surface area contributed by atoms with E-state index in [1.165, 1.54) is 21.5 Å². The summed E-state index contributed by atoms with van der Waals surface area (Å²) in [7, 11) is 0. The molecule has 0 amide bonds. The molecule has 0 spiro atoms. The molecule has 1 aliphatic carbocycles. The van der Waals surface area contributed by atoms with Gasteiger partial charge in [0.1, 0.15) is 6.10 Å². The third-order valence-electron chi connectivity index (χ3n) is 7.63. The number of rotatable bonds is 4. The number of carbonyl (C=O) groups excluding carboxylic acids is 2. The van der Waals surface area contributed by atoms with Crippen molar-refractivity contribution in [2.45, 2.75) is 25.0 Å². The molecule has 0 heterocycles. The molecule has 0 N–H and O–H groups in total. The minimum Gasteiger partial charge on any atom is -0.454 e. The van der Waals surface area contributed by atoms with E-state index in [1.54, 1.807) is 24.3 Å². The Hall–Kier alpha value is -4.70. The molecule has 1 aliphatic rings. The van der Waals surface area contributed by atoms with E-state index in [-0.39, 0.29) is 0 Å². The maximum Gasteiger partial charge on any atom is 0.338 e. The van der Waals surface area contributed by atoms with Gasteiger partial charge in [-0.3, -0.25) is 0 Å². The van der Waals surface area contributed by atoms with Crippen molar-refractivity contribution in [2.75, 3.05) is 0 Å². The summed E-state index contributed by atoms with van der Waals surface area (Å²) >= 11 is 0. The van der Waals surface area contributed by atoms with Crippen molar-refractivity contribution in [3.8, 4) is 0 Å². The molecule has 0 aromatic heterocycles. The SMILES string of the molecule is O=C(O[C@@H]1c2cc3ccc4cccc5ccc(c2CC[C@H]1OC(=O)c1ccccc1)c3c45)c1ccccc1. The molecule has 0 saturated carbocycles. The second kappa shape index (κ2) is 9.00. The van der Waals surface area contributed by atoms with Gasteiger partial charge >= 0.3 is 11.9 Å². The summed E-state index contributed by atoms with van der Waals surface area (Å²) in [5, 5.41) is 7.14. The van der Waals surface area contributed by atoms with Gasteiger partial charge in [-0.15, -0.1) is 0 Å². The molecule has 0 saturated heterocycles. The smallest absolute Gasteiger partial charge is 0.338 e. The van der Waals surface area contributed by atoms with Gasteiger partial charge in [0.25, 0.3) is 0 Å². The lowest BCUT2D eigenvalue weighted by Gasteiger charge is -2.34. The molecule has 2 atom stereocenters. The van der Waals surface area contributed by atoms with Gasteiger partial charge in [0.15, 0.2) is 6.10 Å². The average molecular weight is 497 g/mol. The normalized spacial score (nSPS) is 16.9. The summed E-state index contributed by atoms with van der Waals surface area (Å²) in [5.74, 6) is -0.855. The van der Waals surface area contributed by atoms with Crippen LogP contribution in [-0.4, -0.2) is 18.0 Å². The van der Waals surface area contributed by atoms with E-state index < -0.39 is 24.1 Å². The van der Waals surface area contributed by atoms with Crippen molar-refractivity contribution >= 4 is 44.3 Å². The Morgan fingerprint density at radius 3 is 1.89 bits per heavy atom. The average Bonchev–Trinajstić information content (AvgIpc) is 2.97. The number of fused-ring (bicyclic) bond motifs is 2. The highest BCUT2D eigenvalue weighted by atomic mass is 16.6. The summed E-state index contributed by atoms with van der Waals surface area (Å²) in [6.07, 6.45) is -0.0464. The highest BCUT2D eigenvalue weighted by Gasteiger charge is 2.37. The third kappa shape index (κ3) is 3.69. The van der Waals surface area contributed by atoms with E-state index in [1.807, 2.05) is 36.4 Å². The lowest BCUT2D eigenvalue weighted by Crippen LogP contribution is -2.33. The molecule has 0 fully saturated rings. The molecule has 4 nitrogen and oxygen atoms in total. The Morgan fingerprint density at radius 2 is 1.21 bits per heavy atom. The standard InChI is InChI=1S/C34H24O4/c35-33(23-8-3-1-4-9-23)37-29-19-18-26-27-17-16-22-13-7-12-21-14-15-25(31(27)30(21)22)20-28(26)32(29)38-34(36)24-10-5-2-6-11-24/h1-17,20,29,32H,18-19H2/t29-,32-/m1/s1. The van der Waals surface area contributed by atoms with Crippen LogP contribution in [0.15, 0.2) is 109 Å². The van der Waals surface area contributed by atoms with Crippen LogP contribution >= 0.6 is 0 Å². The van der Waals surface area contributed by atoms with E-state index in [2.05, 4.69) is 48.5 Å². The van der Waals surface area contributed by atoms with Gasteiger partial charge in [-0.25, -0.2) is 9.59 Å². The van der Waals surface area contributed by atoms with Crippen LogP contribution in [0.4, 0.5) is 0 Å². The third-order valence-corrected chi connectivity index (χ3v) is 7.63. The Balaban J connectivity index is 1.36.